The highest BCUT2D eigenvalue weighted by atomic mass is 16.3. The zero-order chi connectivity index (χ0) is 12.3. The molecule has 4 N–H and O–H groups in total. The lowest BCUT2D eigenvalue weighted by Gasteiger charge is -2.30. The van der Waals surface area contributed by atoms with Gasteiger partial charge in [0, 0.05) is 6.04 Å². The average Bonchev–Trinajstić information content (AvgIpc) is 2.19. The first kappa shape index (κ1) is 13.5. The van der Waals surface area contributed by atoms with Gasteiger partial charge in [-0.15, -0.1) is 0 Å². The van der Waals surface area contributed by atoms with E-state index >= 15 is 0 Å². The fourth-order valence-corrected chi connectivity index (χ4v) is 1.90. The molecule has 1 fully saturated rings. The molecule has 0 heterocycles. The molecule has 0 bridgehead atoms. The van der Waals surface area contributed by atoms with Crippen molar-refractivity contribution < 1.29 is 9.90 Å². The molecule has 16 heavy (non-hydrogen) atoms. The van der Waals surface area contributed by atoms with Gasteiger partial charge in [-0.25, -0.2) is 0 Å². The first-order valence-corrected chi connectivity index (χ1v) is 6.04. The zero-order valence-corrected chi connectivity index (χ0v) is 10.5. The van der Waals surface area contributed by atoms with Gasteiger partial charge in [0.1, 0.15) is 0 Å². The minimum Gasteiger partial charge on any atom is -0.393 e. The Kier molecular flexibility index (Phi) is 4.33. The van der Waals surface area contributed by atoms with Gasteiger partial charge in [-0.3, -0.25) is 4.79 Å². The van der Waals surface area contributed by atoms with Gasteiger partial charge in [0.15, 0.2) is 0 Å². The van der Waals surface area contributed by atoms with Gasteiger partial charge < -0.3 is 16.2 Å². The van der Waals surface area contributed by atoms with E-state index in [4.69, 9.17) is 5.73 Å². The Bertz CT molecular complexity index is 240. The van der Waals surface area contributed by atoms with Crippen LogP contribution in [0.5, 0.6) is 0 Å². The summed E-state index contributed by atoms with van der Waals surface area (Å²) in [6.07, 6.45) is 3.06. The van der Waals surface area contributed by atoms with Crippen LogP contribution in [-0.4, -0.2) is 29.2 Å². The molecular weight excluding hydrogens is 204 g/mol. The van der Waals surface area contributed by atoms with Crippen molar-refractivity contribution in [2.75, 3.05) is 0 Å². The number of hydrogen-bond donors (Lipinski definition) is 3. The molecular formula is C12H24N2O2. The lowest BCUT2D eigenvalue weighted by molar-refractivity contribution is -0.125. The fraction of sp³-hybridized carbons (Fsp3) is 0.917. The third kappa shape index (κ3) is 3.76. The second-order valence-electron chi connectivity index (χ2n) is 5.86. The van der Waals surface area contributed by atoms with Gasteiger partial charge >= 0.3 is 0 Å². The van der Waals surface area contributed by atoms with Crippen molar-refractivity contribution in [1.82, 2.24) is 5.32 Å². The van der Waals surface area contributed by atoms with Gasteiger partial charge in [-0.05, 0) is 31.1 Å². The highest BCUT2D eigenvalue weighted by Crippen LogP contribution is 2.20. The van der Waals surface area contributed by atoms with Gasteiger partial charge in [0.2, 0.25) is 5.91 Å². The van der Waals surface area contributed by atoms with Crippen molar-refractivity contribution >= 4 is 5.91 Å². The Balaban J connectivity index is 2.40. The average molecular weight is 228 g/mol. The lowest BCUT2D eigenvalue weighted by Crippen LogP contribution is -2.52. The van der Waals surface area contributed by atoms with Crippen LogP contribution in [-0.2, 0) is 4.79 Å². The van der Waals surface area contributed by atoms with Crippen LogP contribution < -0.4 is 11.1 Å². The van der Waals surface area contributed by atoms with Gasteiger partial charge in [0.25, 0.3) is 0 Å². The van der Waals surface area contributed by atoms with Crippen molar-refractivity contribution in [3.8, 4) is 0 Å². The summed E-state index contributed by atoms with van der Waals surface area (Å²) in [6, 6.07) is -0.288. The highest BCUT2D eigenvalue weighted by Gasteiger charge is 2.29. The monoisotopic (exact) mass is 228 g/mol. The van der Waals surface area contributed by atoms with E-state index < -0.39 is 6.04 Å². The lowest BCUT2D eigenvalue weighted by atomic mass is 9.86. The summed E-state index contributed by atoms with van der Waals surface area (Å²) in [5, 5.41) is 12.3. The van der Waals surface area contributed by atoms with E-state index in [1.54, 1.807) is 0 Å². The largest absolute Gasteiger partial charge is 0.393 e. The maximum atomic E-state index is 11.8. The van der Waals surface area contributed by atoms with Crippen LogP contribution >= 0.6 is 0 Å². The maximum Gasteiger partial charge on any atom is 0.237 e. The molecule has 0 aromatic rings. The molecule has 94 valence electrons. The Morgan fingerprint density at radius 1 is 1.31 bits per heavy atom. The second-order valence-corrected chi connectivity index (χ2v) is 5.86. The number of hydrogen-bond acceptors (Lipinski definition) is 3. The molecule has 1 unspecified atom stereocenters. The Hall–Kier alpha value is -0.610. The molecule has 0 spiro atoms. The molecule has 1 saturated carbocycles. The van der Waals surface area contributed by atoms with E-state index in [0.29, 0.717) is 0 Å². The van der Waals surface area contributed by atoms with Gasteiger partial charge in [0.05, 0.1) is 12.1 Å². The van der Waals surface area contributed by atoms with Crippen LogP contribution in [0.15, 0.2) is 0 Å². The van der Waals surface area contributed by atoms with E-state index in [9.17, 15) is 9.90 Å². The van der Waals surface area contributed by atoms with Crippen molar-refractivity contribution in [3.05, 3.63) is 0 Å². The van der Waals surface area contributed by atoms with E-state index in [1.165, 1.54) is 0 Å². The molecule has 0 aromatic heterocycles. The number of carbonyl (C=O) groups excluding carboxylic acids is 1. The number of nitrogens with two attached hydrogens (primary N) is 1. The van der Waals surface area contributed by atoms with E-state index in [-0.39, 0.29) is 23.5 Å². The van der Waals surface area contributed by atoms with E-state index in [2.05, 4.69) is 5.32 Å². The second kappa shape index (κ2) is 5.15. The number of amides is 1. The number of aliphatic hydroxyl groups is 1. The molecule has 0 saturated heterocycles. The van der Waals surface area contributed by atoms with Crippen molar-refractivity contribution in [2.24, 2.45) is 11.1 Å². The van der Waals surface area contributed by atoms with E-state index in [1.807, 2.05) is 20.8 Å². The third-order valence-corrected chi connectivity index (χ3v) is 3.26. The van der Waals surface area contributed by atoms with Crippen LogP contribution in [0.2, 0.25) is 0 Å². The smallest absolute Gasteiger partial charge is 0.237 e. The molecule has 1 rings (SSSR count). The number of aliphatic hydroxyl groups excluding tert-OH is 1. The topological polar surface area (TPSA) is 75.4 Å². The summed E-state index contributed by atoms with van der Waals surface area (Å²) in [5.74, 6) is -0.0751. The molecule has 0 aromatic carbocycles. The predicted octanol–water partition coefficient (Wildman–Crippen LogP) is 0.779. The normalized spacial score (nSPS) is 28.6. The molecule has 1 aliphatic carbocycles. The van der Waals surface area contributed by atoms with Crippen LogP contribution in [0.25, 0.3) is 0 Å². The third-order valence-electron chi connectivity index (χ3n) is 3.26. The SMILES string of the molecule is CC(C)(C)C(N)C(=O)NC1CCC(O)CC1. The van der Waals surface area contributed by atoms with Gasteiger partial charge in [-0.1, -0.05) is 20.8 Å². The molecule has 1 amide bonds. The number of nitrogens with one attached hydrogen (secondary N) is 1. The number of rotatable bonds is 2. The molecule has 0 aliphatic heterocycles. The standard InChI is InChI=1S/C12H24N2O2/c1-12(2,3)10(13)11(16)14-8-4-6-9(15)7-5-8/h8-10,15H,4-7,13H2,1-3H3,(H,14,16). The van der Waals surface area contributed by atoms with Crippen molar-refractivity contribution in [2.45, 2.75) is 64.6 Å². The molecule has 1 atom stereocenters. The van der Waals surface area contributed by atoms with Crippen LogP contribution in [0, 0.1) is 5.41 Å². The summed E-state index contributed by atoms with van der Waals surface area (Å²) >= 11 is 0. The fourth-order valence-electron chi connectivity index (χ4n) is 1.90. The summed E-state index contributed by atoms with van der Waals surface area (Å²) < 4.78 is 0. The Labute approximate surface area is 97.6 Å². The molecule has 0 radical (unpaired) electrons. The van der Waals surface area contributed by atoms with Gasteiger partial charge in [-0.2, -0.15) is 0 Å². The zero-order valence-electron chi connectivity index (χ0n) is 10.5. The van der Waals surface area contributed by atoms with Crippen LogP contribution in [0.1, 0.15) is 46.5 Å². The van der Waals surface area contributed by atoms with Crippen molar-refractivity contribution in [3.63, 3.8) is 0 Å². The maximum absolute atomic E-state index is 11.8. The van der Waals surface area contributed by atoms with Crippen LogP contribution in [0.3, 0.4) is 0 Å². The highest BCUT2D eigenvalue weighted by molar-refractivity contribution is 5.82. The predicted molar refractivity (Wildman–Crippen MR) is 63.8 cm³/mol. The quantitative estimate of drug-likeness (QED) is 0.654. The Morgan fingerprint density at radius 3 is 2.25 bits per heavy atom. The summed E-state index contributed by atoms with van der Waals surface area (Å²) in [6.45, 7) is 5.88. The minimum absolute atomic E-state index is 0.0751. The summed E-state index contributed by atoms with van der Waals surface area (Å²) in [4.78, 5) is 11.8. The molecule has 1 aliphatic rings. The van der Waals surface area contributed by atoms with Crippen LogP contribution in [0.4, 0.5) is 0 Å². The first-order chi connectivity index (χ1) is 7.30. The number of carbonyl (C=O) groups is 1. The van der Waals surface area contributed by atoms with E-state index in [0.717, 1.165) is 25.7 Å². The Morgan fingerprint density at radius 2 is 1.81 bits per heavy atom. The molecule has 4 heteroatoms. The minimum atomic E-state index is -0.473. The summed E-state index contributed by atoms with van der Waals surface area (Å²) in [7, 11) is 0. The summed E-state index contributed by atoms with van der Waals surface area (Å²) in [5.41, 5.74) is 5.67. The molecule has 4 nitrogen and oxygen atoms in total. The first-order valence-electron chi connectivity index (χ1n) is 6.04. The van der Waals surface area contributed by atoms with Crippen molar-refractivity contribution in [1.29, 1.82) is 0 Å².